The number of imidazole rings is 1. The number of aliphatic hydroxyl groups is 1. The third-order valence-corrected chi connectivity index (χ3v) is 5.20. The van der Waals surface area contributed by atoms with E-state index in [2.05, 4.69) is 9.97 Å². The maximum atomic E-state index is 12.9. The van der Waals surface area contributed by atoms with Crippen LogP contribution in [-0.2, 0) is 22.6 Å². The predicted molar refractivity (Wildman–Crippen MR) is 103 cm³/mol. The summed E-state index contributed by atoms with van der Waals surface area (Å²) >= 11 is 0. The van der Waals surface area contributed by atoms with Gasteiger partial charge in [-0.05, 0) is 32.6 Å². The fraction of sp³-hybridized carbons (Fsp3) is 0.684. The van der Waals surface area contributed by atoms with Crippen LogP contribution in [0.5, 0.6) is 0 Å². The van der Waals surface area contributed by atoms with Crippen molar-refractivity contribution in [2.75, 3.05) is 6.61 Å². The van der Waals surface area contributed by atoms with E-state index < -0.39 is 23.8 Å². The van der Waals surface area contributed by atoms with E-state index in [0.717, 1.165) is 30.3 Å². The number of aromatic amines is 1. The molecule has 28 heavy (non-hydrogen) atoms. The van der Waals surface area contributed by atoms with Gasteiger partial charge in [0.15, 0.2) is 5.65 Å². The van der Waals surface area contributed by atoms with Crippen molar-refractivity contribution in [3.8, 4) is 0 Å². The quantitative estimate of drug-likeness (QED) is 0.564. The number of carbonyl (C=O) groups is 1. The van der Waals surface area contributed by atoms with E-state index in [-0.39, 0.29) is 24.1 Å². The van der Waals surface area contributed by atoms with Gasteiger partial charge in [-0.15, -0.1) is 0 Å². The highest BCUT2D eigenvalue weighted by atomic mass is 16.5. The SMILES string of the molecule is CCCn1c(=O)n(CC(=O)OCC)c(=O)c2[nH]c(C3CCCCC(O)C3)nc21. The molecule has 0 amide bonds. The van der Waals surface area contributed by atoms with Crippen molar-refractivity contribution in [2.45, 2.75) is 77.5 Å². The lowest BCUT2D eigenvalue weighted by molar-refractivity contribution is -0.143. The van der Waals surface area contributed by atoms with Crippen LogP contribution in [0, 0.1) is 0 Å². The third kappa shape index (κ3) is 4.04. The van der Waals surface area contributed by atoms with Gasteiger partial charge in [0.2, 0.25) is 0 Å². The molecule has 1 saturated carbocycles. The number of nitrogens with one attached hydrogen (secondary N) is 1. The first-order valence-corrected chi connectivity index (χ1v) is 10.0. The number of aryl methyl sites for hydroxylation is 1. The van der Waals surface area contributed by atoms with Gasteiger partial charge in [0, 0.05) is 12.5 Å². The molecule has 0 spiro atoms. The highest BCUT2D eigenvalue weighted by Gasteiger charge is 2.25. The van der Waals surface area contributed by atoms with E-state index in [4.69, 9.17) is 4.74 Å². The summed E-state index contributed by atoms with van der Waals surface area (Å²) in [6, 6.07) is 0. The van der Waals surface area contributed by atoms with Crippen LogP contribution < -0.4 is 11.2 Å². The standard InChI is InChI=1S/C19H28N4O5/c1-3-9-22-17-15(18(26)23(19(22)27)11-14(25)28-4-2)20-16(21-17)12-7-5-6-8-13(24)10-12/h12-13,24H,3-11H2,1-2H3,(H,20,21). The van der Waals surface area contributed by atoms with Gasteiger partial charge in [-0.1, -0.05) is 19.8 Å². The van der Waals surface area contributed by atoms with Crippen LogP contribution in [0.1, 0.15) is 64.1 Å². The summed E-state index contributed by atoms with van der Waals surface area (Å²) < 4.78 is 7.23. The Balaban J connectivity index is 2.11. The molecular weight excluding hydrogens is 364 g/mol. The summed E-state index contributed by atoms with van der Waals surface area (Å²) in [4.78, 5) is 45.3. The Bertz CT molecular complexity index is 958. The minimum atomic E-state index is -0.629. The van der Waals surface area contributed by atoms with Crippen LogP contribution in [0.15, 0.2) is 9.59 Å². The number of carbonyl (C=O) groups excluding carboxylic acids is 1. The number of aliphatic hydroxyl groups excluding tert-OH is 1. The molecule has 1 aliphatic carbocycles. The number of H-pyrrole nitrogens is 1. The Labute approximate surface area is 162 Å². The minimum Gasteiger partial charge on any atom is -0.465 e. The second-order valence-corrected chi connectivity index (χ2v) is 7.32. The molecule has 1 aliphatic rings. The van der Waals surface area contributed by atoms with E-state index in [0.29, 0.717) is 30.9 Å². The van der Waals surface area contributed by atoms with Gasteiger partial charge < -0.3 is 14.8 Å². The molecule has 3 rings (SSSR count). The van der Waals surface area contributed by atoms with Crippen LogP contribution in [0.4, 0.5) is 0 Å². The maximum Gasteiger partial charge on any atom is 0.333 e. The van der Waals surface area contributed by atoms with Crippen LogP contribution in [0.3, 0.4) is 0 Å². The van der Waals surface area contributed by atoms with E-state index in [1.54, 1.807) is 6.92 Å². The molecule has 1 fully saturated rings. The van der Waals surface area contributed by atoms with Gasteiger partial charge >= 0.3 is 11.7 Å². The fourth-order valence-corrected chi connectivity index (χ4v) is 3.86. The number of nitrogens with zero attached hydrogens (tertiary/aromatic N) is 3. The first kappa shape index (κ1) is 20.3. The van der Waals surface area contributed by atoms with Gasteiger partial charge in [0.25, 0.3) is 5.56 Å². The molecule has 0 aliphatic heterocycles. The Morgan fingerprint density at radius 2 is 2.00 bits per heavy atom. The number of esters is 1. The van der Waals surface area contributed by atoms with Crippen molar-refractivity contribution in [1.82, 2.24) is 19.1 Å². The van der Waals surface area contributed by atoms with Crippen LogP contribution >= 0.6 is 0 Å². The van der Waals surface area contributed by atoms with Crippen molar-refractivity contribution in [2.24, 2.45) is 0 Å². The van der Waals surface area contributed by atoms with Crippen LogP contribution in [0.2, 0.25) is 0 Å². The maximum absolute atomic E-state index is 12.9. The van der Waals surface area contributed by atoms with Crippen molar-refractivity contribution in [3.63, 3.8) is 0 Å². The highest BCUT2D eigenvalue weighted by molar-refractivity contribution is 5.72. The molecule has 2 heterocycles. The fourth-order valence-electron chi connectivity index (χ4n) is 3.86. The van der Waals surface area contributed by atoms with Gasteiger partial charge in [0.1, 0.15) is 17.9 Å². The molecule has 154 valence electrons. The summed E-state index contributed by atoms with van der Waals surface area (Å²) in [6.07, 6.45) is 4.44. The Morgan fingerprint density at radius 1 is 1.25 bits per heavy atom. The van der Waals surface area contributed by atoms with Gasteiger partial charge in [-0.3, -0.25) is 14.2 Å². The lowest BCUT2D eigenvalue weighted by Crippen LogP contribution is -2.42. The monoisotopic (exact) mass is 392 g/mol. The molecule has 2 aromatic rings. The Hall–Kier alpha value is -2.42. The van der Waals surface area contributed by atoms with Crippen LogP contribution in [-0.4, -0.2) is 42.9 Å². The van der Waals surface area contributed by atoms with E-state index >= 15 is 0 Å². The molecule has 0 aromatic carbocycles. The second-order valence-electron chi connectivity index (χ2n) is 7.32. The van der Waals surface area contributed by atoms with Crippen LogP contribution in [0.25, 0.3) is 11.2 Å². The largest absolute Gasteiger partial charge is 0.465 e. The summed E-state index contributed by atoms with van der Waals surface area (Å²) in [5, 5.41) is 10.1. The normalized spacial score (nSPS) is 20.2. The minimum absolute atomic E-state index is 0.00739. The molecular formula is C19H28N4O5. The summed E-state index contributed by atoms with van der Waals surface area (Å²) in [5.41, 5.74) is -0.614. The molecule has 0 bridgehead atoms. The smallest absolute Gasteiger partial charge is 0.333 e. The molecule has 2 atom stereocenters. The van der Waals surface area contributed by atoms with Crippen molar-refractivity contribution >= 4 is 17.1 Å². The van der Waals surface area contributed by atoms with E-state index in [1.165, 1.54) is 4.57 Å². The van der Waals surface area contributed by atoms with Gasteiger partial charge in [0.05, 0.1) is 12.7 Å². The average molecular weight is 392 g/mol. The number of ether oxygens (including phenoxy) is 1. The lowest BCUT2D eigenvalue weighted by atomic mass is 9.99. The molecule has 2 aromatic heterocycles. The lowest BCUT2D eigenvalue weighted by Gasteiger charge is -2.13. The van der Waals surface area contributed by atoms with Gasteiger partial charge in [-0.25, -0.2) is 14.3 Å². The highest BCUT2D eigenvalue weighted by Crippen LogP contribution is 2.30. The van der Waals surface area contributed by atoms with Crippen molar-refractivity contribution < 1.29 is 14.6 Å². The Kier molecular flexibility index (Phi) is 6.33. The third-order valence-electron chi connectivity index (χ3n) is 5.20. The zero-order valence-corrected chi connectivity index (χ0v) is 16.4. The first-order valence-electron chi connectivity index (χ1n) is 10.0. The summed E-state index contributed by atoms with van der Waals surface area (Å²) in [5.74, 6) is -0.00472. The topological polar surface area (TPSA) is 119 Å². The number of hydrogen-bond acceptors (Lipinski definition) is 6. The molecule has 2 unspecified atom stereocenters. The first-order chi connectivity index (χ1) is 13.5. The summed E-state index contributed by atoms with van der Waals surface area (Å²) in [7, 11) is 0. The van der Waals surface area contributed by atoms with E-state index in [1.807, 2.05) is 6.92 Å². The number of fused-ring (bicyclic) bond motifs is 1. The number of aromatic nitrogens is 4. The van der Waals surface area contributed by atoms with Crippen molar-refractivity contribution in [1.29, 1.82) is 0 Å². The zero-order chi connectivity index (χ0) is 20.3. The molecule has 9 heteroatoms. The van der Waals surface area contributed by atoms with Crippen molar-refractivity contribution in [3.05, 3.63) is 26.7 Å². The second kappa shape index (κ2) is 8.72. The van der Waals surface area contributed by atoms with Gasteiger partial charge in [-0.2, -0.15) is 0 Å². The van der Waals surface area contributed by atoms with E-state index in [9.17, 15) is 19.5 Å². The molecule has 0 radical (unpaired) electrons. The molecule has 2 N–H and O–H groups in total. The number of hydrogen-bond donors (Lipinski definition) is 2. The number of rotatable bonds is 6. The molecule has 9 nitrogen and oxygen atoms in total. The molecule has 0 saturated heterocycles. The Morgan fingerprint density at radius 3 is 2.71 bits per heavy atom. The average Bonchev–Trinajstić information content (AvgIpc) is 2.99. The zero-order valence-electron chi connectivity index (χ0n) is 16.4. The predicted octanol–water partition coefficient (Wildman–Crippen LogP) is 1.27. The summed E-state index contributed by atoms with van der Waals surface area (Å²) in [6.45, 7) is 3.73.